The number of allylic oxidation sites excluding steroid dienone is 3. The molecular weight excluding hydrogens is 240 g/mol. The molecular formula is C20H30. The van der Waals surface area contributed by atoms with Gasteiger partial charge in [-0.15, -0.1) is 0 Å². The summed E-state index contributed by atoms with van der Waals surface area (Å²) in [6, 6.07) is 8.99. The molecule has 0 aliphatic carbocycles. The van der Waals surface area contributed by atoms with Crippen molar-refractivity contribution in [2.24, 2.45) is 5.41 Å². The summed E-state index contributed by atoms with van der Waals surface area (Å²) in [5, 5.41) is 0. The lowest BCUT2D eigenvalue weighted by Crippen LogP contribution is -2.24. The van der Waals surface area contributed by atoms with Crippen molar-refractivity contribution in [1.82, 2.24) is 0 Å². The Kier molecular flexibility index (Phi) is 5.39. The molecule has 0 saturated carbocycles. The first kappa shape index (κ1) is 16.8. The van der Waals surface area contributed by atoms with Crippen LogP contribution >= 0.6 is 0 Å². The summed E-state index contributed by atoms with van der Waals surface area (Å²) in [6.45, 7) is 17.7. The van der Waals surface area contributed by atoms with Crippen molar-refractivity contribution in [2.45, 2.75) is 59.8 Å². The molecule has 0 fully saturated rings. The van der Waals surface area contributed by atoms with E-state index in [-0.39, 0.29) is 5.41 Å². The predicted molar refractivity (Wildman–Crippen MR) is 92.0 cm³/mol. The van der Waals surface area contributed by atoms with E-state index in [4.69, 9.17) is 0 Å². The van der Waals surface area contributed by atoms with E-state index >= 15 is 0 Å². The molecule has 0 spiro atoms. The molecule has 0 nitrogen and oxygen atoms in total. The third-order valence-electron chi connectivity index (χ3n) is 3.62. The molecule has 1 rings (SSSR count). The minimum Gasteiger partial charge on any atom is -0.0985 e. The van der Waals surface area contributed by atoms with E-state index in [1.165, 1.54) is 23.1 Å². The van der Waals surface area contributed by atoms with Gasteiger partial charge in [0.2, 0.25) is 0 Å². The van der Waals surface area contributed by atoms with Gasteiger partial charge in [-0.25, -0.2) is 0 Å². The summed E-state index contributed by atoms with van der Waals surface area (Å²) < 4.78 is 0. The van der Waals surface area contributed by atoms with Crippen LogP contribution in [0.1, 0.15) is 65.5 Å². The van der Waals surface area contributed by atoms with Gasteiger partial charge in [0.1, 0.15) is 0 Å². The molecule has 0 radical (unpaired) electrons. The number of rotatable bonds is 5. The van der Waals surface area contributed by atoms with E-state index in [0.29, 0.717) is 5.41 Å². The molecule has 1 aromatic rings. The zero-order valence-electron chi connectivity index (χ0n) is 14.1. The third-order valence-corrected chi connectivity index (χ3v) is 3.62. The lowest BCUT2D eigenvalue weighted by Gasteiger charge is -2.33. The second-order valence-corrected chi connectivity index (χ2v) is 7.47. The lowest BCUT2D eigenvalue weighted by atomic mass is 9.72. The molecule has 0 amide bonds. The summed E-state index contributed by atoms with van der Waals surface area (Å²) in [4.78, 5) is 0. The van der Waals surface area contributed by atoms with Crippen LogP contribution < -0.4 is 0 Å². The Labute approximate surface area is 125 Å². The zero-order valence-corrected chi connectivity index (χ0v) is 14.1. The molecule has 0 aromatic heterocycles. The van der Waals surface area contributed by atoms with Crippen molar-refractivity contribution in [1.29, 1.82) is 0 Å². The predicted octanol–water partition coefficient (Wildman–Crippen LogP) is 6.38. The van der Waals surface area contributed by atoms with Crippen LogP contribution in [0.4, 0.5) is 0 Å². The molecule has 0 heteroatoms. The minimum absolute atomic E-state index is 0.208. The molecule has 110 valence electrons. The molecule has 0 bridgehead atoms. The Morgan fingerprint density at radius 1 is 1.05 bits per heavy atom. The van der Waals surface area contributed by atoms with Crippen LogP contribution in [0.25, 0.3) is 5.57 Å². The highest BCUT2D eigenvalue weighted by Crippen LogP contribution is 2.36. The van der Waals surface area contributed by atoms with Crippen LogP contribution in [0, 0.1) is 5.41 Å². The fraction of sp³-hybridized carbons (Fsp3) is 0.500. The summed E-state index contributed by atoms with van der Waals surface area (Å²) in [6.07, 6.45) is 6.39. The highest BCUT2D eigenvalue weighted by atomic mass is 14.3. The largest absolute Gasteiger partial charge is 0.0985 e. The van der Waals surface area contributed by atoms with E-state index < -0.39 is 0 Å². The van der Waals surface area contributed by atoms with Crippen molar-refractivity contribution in [3.05, 3.63) is 54.1 Å². The van der Waals surface area contributed by atoms with Crippen LogP contribution in [0.15, 0.2) is 43.0 Å². The van der Waals surface area contributed by atoms with Crippen LogP contribution in [0.2, 0.25) is 0 Å². The maximum Gasteiger partial charge on any atom is -0.00986 e. The van der Waals surface area contributed by atoms with Gasteiger partial charge < -0.3 is 0 Å². The molecule has 0 aliphatic heterocycles. The minimum atomic E-state index is 0.208. The first-order chi connectivity index (χ1) is 9.19. The Balaban J connectivity index is 3.02. The number of hydrogen-bond donors (Lipinski definition) is 0. The van der Waals surface area contributed by atoms with Gasteiger partial charge in [0.25, 0.3) is 0 Å². The summed E-state index contributed by atoms with van der Waals surface area (Å²) >= 11 is 0. The topological polar surface area (TPSA) is 0 Å². The van der Waals surface area contributed by atoms with E-state index in [9.17, 15) is 0 Å². The Morgan fingerprint density at radius 3 is 2.00 bits per heavy atom. The molecule has 0 heterocycles. The van der Waals surface area contributed by atoms with Gasteiger partial charge in [-0.1, -0.05) is 84.5 Å². The first-order valence-electron chi connectivity index (χ1n) is 7.63. The monoisotopic (exact) mass is 270 g/mol. The van der Waals surface area contributed by atoms with Crippen molar-refractivity contribution in [3.63, 3.8) is 0 Å². The van der Waals surface area contributed by atoms with Gasteiger partial charge in [0.15, 0.2) is 0 Å². The molecule has 0 N–H and O–H groups in total. The first-order valence-corrected chi connectivity index (χ1v) is 7.63. The highest BCUT2D eigenvalue weighted by molar-refractivity contribution is 5.73. The van der Waals surface area contributed by atoms with Crippen molar-refractivity contribution in [3.8, 4) is 0 Å². The Hall–Kier alpha value is -1.30. The van der Waals surface area contributed by atoms with Crippen molar-refractivity contribution < 1.29 is 0 Å². The van der Waals surface area contributed by atoms with Crippen molar-refractivity contribution in [2.75, 3.05) is 0 Å². The molecule has 1 aromatic carbocycles. The normalized spacial score (nSPS) is 13.4. The van der Waals surface area contributed by atoms with Crippen LogP contribution in [0.3, 0.4) is 0 Å². The molecule has 20 heavy (non-hydrogen) atoms. The van der Waals surface area contributed by atoms with Gasteiger partial charge in [0, 0.05) is 0 Å². The van der Waals surface area contributed by atoms with E-state index in [1.54, 1.807) is 0 Å². The van der Waals surface area contributed by atoms with Gasteiger partial charge in [-0.05, 0) is 40.4 Å². The molecule has 0 atom stereocenters. The van der Waals surface area contributed by atoms with E-state index in [2.05, 4.69) is 78.5 Å². The van der Waals surface area contributed by atoms with Crippen LogP contribution in [0.5, 0.6) is 0 Å². The quantitative estimate of drug-likeness (QED) is 0.544. The standard InChI is InChI=1S/C20H30/c1-8-10-16(9-2)17-11-13-18(14-12-17)20(6,7)15-19(3,4)5/h9-14H,2,8,15H2,1,3-7H3/b16-10+. The third kappa shape index (κ3) is 4.67. The molecule has 0 unspecified atom stereocenters. The van der Waals surface area contributed by atoms with Crippen molar-refractivity contribution >= 4 is 5.57 Å². The Morgan fingerprint density at radius 2 is 1.60 bits per heavy atom. The average molecular weight is 270 g/mol. The van der Waals surface area contributed by atoms with Crippen LogP contribution in [-0.4, -0.2) is 0 Å². The smallest absolute Gasteiger partial charge is 0.00986 e. The lowest BCUT2D eigenvalue weighted by molar-refractivity contribution is 0.284. The van der Waals surface area contributed by atoms with Gasteiger partial charge in [-0.3, -0.25) is 0 Å². The van der Waals surface area contributed by atoms with Crippen LogP contribution in [-0.2, 0) is 5.41 Å². The van der Waals surface area contributed by atoms with Gasteiger partial charge in [-0.2, -0.15) is 0 Å². The summed E-state index contributed by atoms with van der Waals surface area (Å²) in [5.41, 5.74) is 4.46. The SMILES string of the molecule is C=C/C(=C\CC)c1ccc(C(C)(C)CC(C)(C)C)cc1. The summed E-state index contributed by atoms with van der Waals surface area (Å²) in [5.74, 6) is 0. The molecule has 0 saturated heterocycles. The van der Waals surface area contributed by atoms with Gasteiger partial charge in [0.05, 0.1) is 0 Å². The highest BCUT2D eigenvalue weighted by Gasteiger charge is 2.27. The fourth-order valence-electron chi connectivity index (χ4n) is 3.08. The van der Waals surface area contributed by atoms with Gasteiger partial charge >= 0.3 is 0 Å². The average Bonchev–Trinajstić information content (AvgIpc) is 2.33. The zero-order chi connectivity index (χ0) is 15.4. The summed E-state index contributed by atoms with van der Waals surface area (Å²) in [7, 11) is 0. The fourth-order valence-corrected chi connectivity index (χ4v) is 3.08. The Bertz CT molecular complexity index is 464. The van der Waals surface area contributed by atoms with E-state index in [1.807, 2.05) is 6.08 Å². The number of hydrogen-bond acceptors (Lipinski definition) is 0. The molecule has 0 aliphatic rings. The van der Waals surface area contributed by atoms with E-state index in [0.717, 1.165) is 6.42 Å². The number of benzene rings is 1. The second kappa shape index (κ2) is 6.43. The second-order valence-electron chi connectivity index (χ2n) is 7.47. The maximum atomic E-state index is 3.91. The maximum absolute atomic E-state index is 3.91.